The van der Waals surface area contributed by atoms with Gasteiger partial charge in [0.15, 0.2) is 5.12 Å². The molecule has 1 saturated heterocycles. The number of aryl methyl sites for hydroxylation is 1. The van der Waals surface area contributed by atoms with Crippen LogP contribution in [0.4, 0.5) is 0 Å². The van der Waals surface area contributed by atoms with E-state index in [0.717, 1.165) is 25.3 Å². The minimum atomic E-state index is 0.135. The first-order chi connectivity index (χ1) is 9.54. The standard InChI is InChI=1S/C16H21NO2S/c1-12-3-5-14(6-4-12)7-8-17-10-15(9-16(17)19)11-20-13(2)18/h3-6,15H,7-11H2,1-2H3. The number of amides is 1. The molecule has 0 bridgehead atoms. The summed E-state index contributed by atoms with van der Waals surface area (Å²) in [4.78, 5) is 24.8. The molecule has 4 heteroatoms. The topological polar surface area (TPSA) is 37.4 Å². The van der Waals surface area contributed by atoms with Gasteiger partial charge >= 0.3 is 0 Å². The first-order valence-corrected chi connectivity index (χ1v) is 8.00. The second-order valence-corrected chi connectivity index (χ2v) is 6.65. The Bertz CT molecular complexity index is 484. The molecule has 0 radical (unpaired) electrons. The molecular formula is C16H21NO2S. The Hall–Kier alpha value is -1.29. The van der Waals surface area contributed by atoms with E-state index in [1.165, 1.54) is 22.9 Å². The van der Waals surface area contributed by atoms with Crippen molar-refractivity contribution in [2.24, 2.45) is 5.92 Å². The van der Waals surface area contributed by atoms with Gasteiger partial charge in [-0.1, -0.05) is 41.6 Å². The maximum atomic E-state index is 11.9. The molecule has 0 spiro atoms. The van der Waals surface area contributed by atoms with Gasteiger partial charge < -0.3 is 4.90 Å². The largest absolute Gasteiger partial charge is 0.342 e. The SMILES string of the molecule is CC(=O)SCC1CC(=O)N(CCc2ccc(C)cc2)C1. The summed E-state index contributed by atoms with van der Waals surface area (Å²) >= 11 is 1.33. The maximum absolute atomic E-state index is 11.9. The molecule has 1 heterocycles. The fourth-order valence-electron chi connectivity index (χ4n) is 2.44. The van der Waals surface area contributed by atoms with Crippen molar-refractivity contribution >= 4 is 22.8 Å². The Morgan fingerprint density at radius 3 is 2.70 bits per heavy atom. The van der Waals surface area contributed by atoms with E-state index in [4.69, 9.17) is 0 Å². The zero-order chi connectivity index (χ0) is 14.5. The molecule has 108 valence electrons. The zero-order valence-electron chi connectivity index (χ0n) is 12.1. The molecule has 1 fully saturated rings. The molecule has 1 unspecified atom stereocenters. The third kappa shape index (κ3) is 4.37. The van der Waals surface area contributed by atoms with E-state index in [9.17, 15) is 9.59 Å². The Labute approximate surface area is 124 Å². The molecule has 20 heavy (non-hydrogen) atoms. The predicted octanol–water partition coefficient (Wildman–Crippen LogP) is 2.67. The van der Waals surface area contributed by atoms with Gasteiger partial charge in [0.1, 0.15) is 0 Å². The molecule has 1 atom stereocenters. The second-order valence-electron chi connectivity index (χ2n) is 5.45. The van der Waals surface area contributed by atoms with Crippen LogP contribution in [0.15, 0.2) is 24.3 Å². The smallest absolute Gasteiger partial charge is 0.222 e. The van der Waals surface area contributed by atoms with Crippen LogP contribution in [0.3, 0.4) is 0 Å². The number of benzene rings is 1. The number of carbonyl (C=O) groups is 2. The number of hydrogen-bond donors (Lipinski definition) is 0. The van der Waals surface area contributed by atoms with Gasteiger partial charge in [0.05, 0.1) is 0 Å². The van der Waals surface area contributed by atoms with Crippen molar-refractivity contribution in [2.75, 3.05) is 18.8 Å². The predicted molar refractivity (Wildman–Crippen MR) is 82.7 cm³/mol. The third-order valence-electron chi connectivity index (χ3n) is 3.61. The van der Waals surface area contributed by atoms with Gasteiger partial charge in [0.2, 0.25) is 5.91 Å². The van der Waals surface area contributed by atoms with Gasteiger partial charge in [0, 0.05) is 32.2 Å². The molecular weight excluding hydrogens is 270 g/mol. The first kappa shape index (κ1) is 15.1. The van der Waals surface area contributed by atoms with Crippen LogP contribution in [-0.4, -0.2) is 34.8 Å². The van der Waals surface area contributed by atoms with Gasteiger partial charge in [-0.05, 0) is 24.8 Å². The lowest BCUT2D eigenvalue weighted by atomic mass is 10.1. The summed E-state index contributed by atoms with van der Waals surface area (Å²) in [6.07, 6.45) is 1.49. The summed E-state index contributed by atoms with van der Waals surface area (Å²) in [7, 11) is 0. The minimum absolute atomic E-state index is 0.135. The van der Waals surface area contributed by atoms with Crippen molar-refractivity contribution in [1.29, 1.82) is 0 Å². The Morgan fingerprint density at radius 1 is 1.35 bits per heavy atom. The summed E-state index contributed by atoms with van der Waals surface area (Å²) < 4.78 is 0. The fourth-order valence-corrected chi connectivity index (χ4v) is 3.13. The van der Waals surface area contributed by atoms with E-state index >= 15 is 0 Å². The van der Waals surface area contributed by atoms with Gasteiger partial charge in [-0.15, -0.1) is 0 Å². The Balaban J connectivity index is 1.80. The number of nitrogens with zero attached hydrogens (tertiary/aromatic N) is 1. The summed E-state index contributed by atoms with van der Waals surface area (Å²) in [6, 6.07) is 8.46. The molecule has 1 aliphatic heterocycles. The molecule has 1 amide bonds. The van der Waals surface area contributed by atoms with Gasteiger partial charge in [0.25, 0.3) is 0 Å². The summed E-state index contributed by atoms with van der Waals surface area (Å²) in [6.45, 7) is 5.23. The number of rotatable bonds is 5. The lowest BCUT2D eigenvalue weighted by Gasteiger charge is -2.16. The quantitative estimate of drug-likeness (QED) is 0.837. The zero-order valence-corrected chi connectivity index (χ0v) is 12.9. The Morgan fingerprint density at radius 2 is 2.05 bits per heavy atom. The lowest BCUT2D eigenvalue weighted by Crippen LogP contribution is -2.27. The average Bonchev–Trinajstić information content (AvgIpc) is 2.76. The first-order valence-electron chi connectivity index (χ1n) is 7.01. The number of likely N-dealkylation sites (tertiary alicyclic amines) is 1. The van der Waals surface area contributed by atoms with Crippen LogP contribution < -0.4 is 0 Å². The van der Waals surface area contributed by atoms with Crippen LogP contribution in [-0.2, 0) is 16.0 Å². The van der Waals surface area contributed by atoms with Gasteiger partial charge in [-0.3, -0.25) is 9.59 Å². The second kappa shape index (κ2) is 6.93. The average molecular weight is 291 g/mol. The third-order valence-corrected chi connectivity index (χ3v) is 4.65. The lowest BCUT2D eigenvalue weighted by molar-refractivity contribution is -0.127. The molecule has 0 aliphatic carbocycles. The molecule has 0 N–H and O–H groups in total. The van der Waals surface area contributed by atoms with Gasteiger partial charge in [-0.25, -0.2) is 0 Å². The van der Waals surface area contributed by atoms with E-state index in [2.05, 4.69) is 31.2 Å². The molecule has 0 saturated carbocycles. The molecule has 0 aromatic heterocycles. The van der Waals surface area contributed by atoms with Crippen LogP contribution >= 0.6 is 11.8 Å². The van der Waals surface area contributed by atoms with Crippen molar-refractivity contribution < 1.29 is 9.59 Å². The molecule has 3 nitrogen and oxygen atoms in total. The normalized spacial score (nSPS) is 18.6. The fraction of sp³-hybridized carbons (Fsp3) is 0.500. The van der Waals surface area contributed by atoms with Crippen molar-refractivity contribution in [1.82, 2.24) is 4.90 Å². The van der Waals surface area contributed by atoms with Gasteiger partial charge in [-0.2, -0.15) is 0 Å². The van der Waals surface area contributed by atoms with E-state index in [0.29, 0.717) is 12.3 Å². The highest BCUT2D eigenvalue weighted by atomic mass is 32.2. The molecule has 1 aromatic carbocycles. The van der Waals surface area contributed by atoms with Crippen molar-refractivity contribution in [2.45, 2.75) is 26.7 Å². The van der Waals surface area contributed by atoms with E-state index in [1.807, 2.05) is 4.90 Å². The van der Waals surface area contributed by atoms with Crippen LogP contribution in [0.1, 0.15) is 24.5 Å². The highest BCUT2D eigenvalue weighted by Gasteiger charge is 2.29. The van der Waals surface area contributed by atoms with Crippen LogP contribution in [0.25, 0.3) is 0 Å². The number of carbonyl (C=O) groups excluding carboxylic acids is 2. The number of thioether (sulfide) groups is 1. The molecule has 2 rings (SSSR count). The van der Waals surface area contributed by atoms with E-state index in [-0.39, 0.29) is 11.0 Å². The van der Waals surface area contributed by atoms with Crippen LogP contribution in [0.5, 0.6) is 0 Å². The Kier molecular flexibility index (Phi) is 5.24. The summed E-state index contributed by atoms with van der Waals surface area (Å²) in [5.74, 6) is 1.32. The summed E-state index contributed by atoms with van der Waals surface area (Å²) in [5, 5.41) is 0.135. The van der Waals surface area contributed by atoms with Crippen molar-refractivity contribution in [3.05, 3.63) is 35.4 Å². The van der Waals surface area contributed by atoms with E-state index < -0.39 is 0 Å². The monoisotopic (exact) mass is 291 g/mol. The highest BCUT2D eigenvalue weighted by molar-refractivity contribution is 8.13. The maximum Gasteiger partial charge on any atom is 0.222 e. The van der Waals surface area contributed by atoms with Crippen molar-refractivity contribution in [3.8, 4) is 0 Å². The van der Waals surface area contributed by atoms with Crippen LogP contribution in [0.2, 0.25) is 0 Å². The van der Waals surface area contributed by atoms with Crippen molar-refractivity contribution in [3.63, 3.8) is 0 Å². The van der Waals surface area contributed by atoms with Crippen LogP contribution in [0, 0.1) is 12.8 Å². The highest BCUT2D eigenvalue weighted by Crippen LogP contribution is 2.22. The van der Waals surface area contributed by atoms with E-state index in [1.54, 1.807) is 6.92 Å². The summed E-state index contributed by atoms with van der Waals surface area (Å²) in [5.41, 5.74) is 2.53. The molecule has 1 aliphatic rings. The number of hydrogen-bond acceptors (Lipinski definition) is 3. The molecule has 1 aromatic rings. The minimum Gasteiger partial charge on any atom is -0.342 e.